The van der Waals surface area contributed by atoms with Crippen molar-refractivity contribution in [2.24, 2.45) is 0 Å². The summed E-state index contributed by atoms with van der Waals surface area (Å²) < 4.78 is 4.78. The number of nitrogens with zero attached hydrogens (tertiary/aromatic N) is 1. The van der Waals surface area contributed by atoms with E-state index in [4.69, 9.17) is 9.57 Å². The third-order valence-electron chi connectivity index (χ3n) is 1.94. The number of hydrogen-bond acceptors (Lipinski definition) is 5. The van der Waals surface area contributed by atoms with Crippen molar-refractivity contribution in [1.82, 2.24) is 5.48 Å². The molecule has 0 amide bonds. The first kappa shape index (κ1) is 12.6. The number of nitro groups is 1. The van der Waals surface area contributed by atoms with Crippen LogP contribution in [0.1, 0.15) is 5.56 Å². The Bertz CT molecular complexity index is 343. The van der Waals surface area contributed by atoms with E-state index in [9.17, 15) is 10.1 Å². The largest absolute Gasteiger partial charge is 0.382 e. The van der Waals surface area contributed by atoms with Crippen LogP contribution in [0.25, 0.3) is 0 Å². The van der Waals surface area contributed by atoms with Gasteiger partial charge in [0.1, 0.15) is 0 Å². The van der Waals surface area contributed by atoms with Crippen LogP contribution in [0.15, 0.2) is 24.3 Å². The van der Waals surface area contributed by atoms with Gasteiger partial charge in [-0.3, -0.25) is 15.0 Å². The van der Waals surface area contributed by atoms with E-state index in [1.807, 2.05) is 0 Å². The third-order valence-corrected chi connectivity index (χ3v) is 1.94. The van der Waals surface area contributed by atoms with Gasteiger partial charge in [-0.05, 0) is 0 Å². The maximum absolute atomic E-state index is 10.7. The Labute approximate surface area is 93.3 Å². The highest BCUT2D eigenvalue weighted by atomic mass is 16.7. The van der Waals surface area contributed by atoms with E-state index in [1.165, 1.54) is 6.07 Å². The molecular weight excluding hydrogens is 212 g/mol. The van der Waals surface area contributed by atoms with Gasteiger partial charge in [0.05, 0.1) is 24.7 Å². The van der Waals surface area contributed by atoms with Crippen molar-refractivity contribution in [1.29, 1.82) is 0 Å². The lowest BCUT2D eigenvalue weighted by atomic mass is 10.2. The Kier molecular flexibility index (Phi) is 5.41. The fourth-order valence-corrected chi connectivity index (χ4v) is 1.16. The Morgan fingerprint density at radius 2 is 2.12 bits per heavy atom. The number of para-hydroxylation sites is 1. The van der Waals surface area contributed by atoms with Crippen LogP contribution in [-0.2, 0) is 16.1 Å². The molecule has 0 aliphatic rings. The van der Waals surface area contributed by atoms with Gasteiger partial charge in [-0.25, -0.2) is 0 Å². The van der Waals surface area contributed by atoms with Crippen LogP contribution < -0.4 is 5.48 Å². The summed E-state index contributed by atoms with van der Waals surface area (Å²) in [4.78, 5) is 15.3. The molecule has 0 saturated heterocycles. The molecular formula is C10H14N2O4. The first-order valence-electron chi connectivity index (χ1n) is 4.81. The molecule has 6 heteroatoms. The van der Waals surface area contributed by atoms with Gasteiger partial charge in [-0.15, -0.1) is 0 Å². The molecule has 6 nitrogen and oxygen atoms in total. The molecule has 1 N–H and O–H groups in total. The van der Waals surface area contributed by atoms with Crippen LogP contribution in [0.5, 0.6) is 0 Å². The molecule has 0 unspecified atom stereocenters. The number of nitrogens with one attached hydrogen (secondary N) is 1. The fourth-order valence-electron chi connectivity index (χ4n) is 1.16. The average molecular weight is 226 g/mol. The number of ether oxygens (including phenoxy) is 1. The van der Waals surface area contributed by atoms with E-state index in [0.29, 0.717) is 25.3 Å². The zero-order chi connectivity index (χ0) is 11.8. The lowest BCUT2D eigenvalue weighted by Gasteiger charge is -2.05. The van der Waals surface area contributed by atoms with E-state index in [-0.39, 0.29) is 5.69 Å². The topological polar surface area (TPSA) is 73.6 Å². The predicted octanol–water partition coefficient (Wildman–Crippen LogP) is 1.26. The van der Waals surface area contributed by atoms with Gasteiger partial charge in [-0.2, -0.15) is 5.48 Å². The second-order valence-electron chi connectivity index (χ2n) is 3.05. The van der Waals surface area contributed by atoms with E-state index < -0.39 is 4.92 Å². The quantitative estimate of drug-likeness (QED) is 0.430. The number of methoxy groups -OCH3 is 1. The molecule has 0 atom stereocenters. The van der Waals surface area contributed by atoms with Crippen molar-refractivity contribution in [3.8, 4) is 0 Å². The van der Waals surface area contributed by atoms with Gasteiger partial charge in [-0.1, -0.05) is 18.2 Å². The summed E-state index contributed by atoms with van der Waals surface area (Å²) in [5.74, 6) is 0. The van der Waals surface area contributed by atoms with E-state index in [2.05, 4.69) is 5.48 Å². The number of hydroxylamine groups is 1. The normalized spacial score (nSPS) is 10.3. The molecule has 0 radical (unpaired) electrons. The number of nitro benzene ring substituents is 1. The minimum Gasteiger partial charge on any atom is -0.382 e. The Hall–Kier alpha value is -1.50. The minimum atomic E-state index is -0.411. The smallest absolute Gasteiger partial charge is 0.273 e. The Balaban J connectivity index is 2.44. The molecule has 0 bridgehead atoms. The Morgan fingerprint density at radius 3 is 2.81 bits per heavy atom. The highest BCUT2D eigenvalue weighted by Crippen LogP contribution is 2.16. The van der Waals surface area contributed by atoms with Crippen molar-refractivity contribution < 1.29 is 14.5 Å². The highest BCUT2D eigenvalue weighted by molar-refractivity contribution is 5.39. The lowest BCUT2D eigenvalue weighted by molar-refractivity contribution is -0.385. The average Bonchev–Trinajstić information content (AvgIpc) is 2.29. The summed E-state index contributed by atoms with van der Waals surface area (Å²) in [5, 5.41) is 10.7. The molecule has 1 aromatic carbocycles. The maximum atomic E-state index is 10.7. The second-order valence-corrected chi connectivity index (χ2v) is 3.05. The van der Waals surface area contributed by atoms with Crippen molar-refractivity contribution >= 4 is 5.69 Å². The maximum Gasteiger partial charge on any atom is 0.273 e. The minimum absolute atomic E-state index is 0.0883. The van der Waals surface area contributed by atoms with Crippen LogP contribution >= 0.6 is 0 Å². The lowest BCUT2D eigenvalue weighted by Crippen LogP contribution is -2.17. The SMILES string of the molecule is COCCONCc1ccccc1[N+](=O)[O-]. The van der Waals surface area contributed by atoms with Crippen molar-refractivity contribution in [2.75, 3.05) is 20.3 Å². The summed E-state index contributed by atoms with van der Waals surface area (Å²) in [6, 6.07) is 6.53. The van der Waals surface area contributed by atoms with Crippen LogP contribution in [-0.4, -0.2) is 25.2 Å². The monoisotopic (exact) mass is 226 g/mol. The van der Waals surface area contributed by atoms with Gasteiger partial charge < -0.3 is 4.74 Å². The van der Waals surface area contributed by atoms with E-state index in [0.717, 1.165) is 0 Å². The van der Waals surface area contributed by atoms with E-state index in [1.54, 1.807) is 25.3 Å². The van der Waals surface area contributed by atoms with Gasteiger partial charge >= 0.3 is 0 Å². The molecule has 0 saturated carbocycles. The van der Waals surface area contributed by atoms with Gasteiger partial charge in [0.25, 0.3) is 5.69 Å². The number of hydrogen-bond donors (Lipinski definition) is 1. The fraction of sp³-hybridized carbons (Fsp3) is 0.400. The summed E-state index contributed by atoms with van der Waals surface area (Å²) in [5.41, 5.74) is 3.32. The van der Waals surface area contributed by atoms with Crippen molar-refractivity contribution in [2.45, 2.75) is 6.54 Å². The van der Waals surface area contributed by atoms with Gasteiger partial charge in [0.2, 0.25) is 0 Å². The van der Waals surface area contributed by atoms with Crippen LogP contribution in [0.2, 0.25) is 0 Å². The summed E-state index contributed by atoms with van der Waals surface area (Å²) >= 11 is 0. The van der Waals surface area contributed by atoms with Crippen molar-refractivity contribution in [3.63, 3.8) is 0 Å². The third kappa shape index (κ3) is 3.93. The first-order chi connectivity index (χ1) is 7.75. The number of rotatable bonds is 7. The zero-order valence-electron chi connectivity index (χ0n) is 9.01. The summed E-state index contributed by atoms with van der Waals surface area (Å²) in [6.07, 6.45) is 0. The highest BCUT2D eigenvalue weighted by Gasteiger charge is 2.11. The number of benzene rings is 1. The van der Waals surface area contributed by atoms with Crippen LogP contribution in [0, 0.1) is 10.1 Å². The van der Waals surface area contributed by atoms with Crippen LogP contribution in [0.3, 0.4) is 0 Å². The van der Waals surface area contributed by atoms with Gasteiger partial charge in [0.15, 0.2) is 0 Å². The molecule has 0 aliphatic heterocycles. The molecule has 0 aromatic heterocycles. The van der Waals surface area contributed by atoms with Crippen LogP contribution in [0.4, 0.5) is 5.69 Å². The Morgan fingerprint density at radius 1 is 1.38 bits per heavy atom. The standard InChI is InChI=1S/C10H14N2O4/c1-15-6-7-16-11-8-9-4-2-3-5-10(9)12(13)14/h2-5,11H,6-8H2,1H3. The molecule has 0 aliphatic carbocycles. The molecule has 0 heterocycles. The zero-order valence-corrected chi connectivity index (χ0v) is 9.01. The first-order valence-corrected chi connectivity index (χ1v) is 4.81. The summed E-state index contributed by atoms with van der Waals surface area (Å²) in [6.45, 7) is 1.17. The molecule has 1 rings (SSSR count). The second kappa shape index (κ2) is 6.89. The summed E-state index contributed by atoms with van der Waals surface area (Å²) in [7, 11) is 1.57. The van der Waals surface area contributed by atoms with E-state index >= 15 is 0 Å². The van der Waals surface area contributed by atoms with Crippen molar-refractivity contribution in [3.05, 3.63) is 39.9 Å². The molecule has 1 aromatic rings. The molecule has 16 heavy (non-hydrogen) atoms. The molecule has 88 valence electrons. The van der Waals surface area contributed by atoms with Gasteiger partial charge in [0, 0.05) is 18.7 Å². The predicted molar refractivity (Wildman–Crippen MR) is 57.8 cm³/mol. The molecule has 0 spiro atoms. The molecule has 0 fully saturated rings.